The fourth-order valence-electron chi connectivity index (χ4n) is 0. The number of carbonyl (C=O) groups is 6. The second kappa shape index (κ2) is 29.6. The van der Waals surface area contributed by atoms with Crippen LogP contribution in [0, 0.1) is 0 Å². The Labute approximate surface area is 164 Å². The van der Waals surface area contributed by atoms with Gasteiger partial charge < -0.3 is 30.6 Å². The van der Waals surface area contributed by atoms with E-state index in [9.17, 15) is 27.2 Å². The van der Waals surface area contributed by atoms with Crippen LogP contribution < -0.4 is 0 Å². The van der Waals surface area contributed by atoms with Crippen molar-refractivity contribution in [3.05, 3.63) is 0 Å². The van der Waals surface area contributed by atoms with E-state index >= 15 is 0 Å². The van der Waals surface area contributed by atoms with Gasteiger partial charge in [0.25, 0.3) is 12.4 Å². The van der Waals surface area contributed by atoms with Crippen molar-refractivity contribution in [1.82, 2.24) is 0 Å². The van der Waals surface area contributed by atoms with E-state index in [4.69, 9.17) is 61.4 Å². The smallest absolute Gasteiger partial charge is 0.483 e. The van der Waals surface area contributed by atoms with Gasteiger partial charge in [-0.15, -0.1) is 11.6 Å². The molecule has 0 saturated heterocycles. The molecule has 0 atom stereocenters. The van der Waals surface area contributed by atoms with Gasteiger partial charge in [0.2, 0.25) is 0 Å². The molecule has 0 heterocycles. The van der Waals surface area contributed by atoms with Crippen molar-refractivity contribution in [3.8, 4) is 0 Å². The Morgan fingerprint density at radius 1 is 0.897 bits per heavy atom. The first kappa shape index (κ1) is 40.5. The van der Waals surface area contributed by atoms with Crippen molar-refractivity contribution < 1.29 is 77.0 Å². The first-order chi connectivity index (χ1) is 12.9. The van der Waals surface area contributed by atoms with Crippen LogP contribution in [0.2, 0.25) is 0 Å². The van der Waals surface area contributed by atoms with Crippen molar-refractivity contribution in [2.75, 3.05) is 12.6 Å². The van der Waals surface area contributed by atoms with Crippen molar-refractivity contribution in [2.24, 2.45) is 0 Å². The molecular formula is C12H19ClF4O12. The van der Waals surface area contributed by atoms with Crippen molar-refractivity contribution >= 4 is 47.9 Å². The summed E-state index contributed by atoms with van der Waals surface area (Å²) >= 11 is 4.74. The molecule has 0 unspecified atom stereocenters. The van der Waals surface area contributed by atoms with Crippen LogP contribution in [0.1, 0.15) is 20.3 Å². The number of aliphatic carboxylic acids is 5. The standard InChI is InChI=1S/C3H6O2.C2H3ClO2.C2HF3O2.C2H3FO2.C2H4O2.CH2O2/c1-2-3(4)5;3-1-2(4)5;3-2(4,5)1(6)7;3-1-2(4)5;1-2(3)4;2-1-3/h2H2,1H3,(H,4,5);1H2,(H,4,5);(H,6,7);1H2,(H,4,5);1H3,(H,3,4);1H,(H,2,3). The van der Waals surface area contributed by atoms with Gasteiger partial charge in [-0.1, -0.05) is 6.92 Å². The van der Waals surface area contributed by atoms with Crippen LogP contribution in [0.25, 0.3) is 0 Å². The van der Waals surface area contributed by atoms with E-state index in [0.29, 0.717) is 0 Å². The van der Waals surface area contributed by atoms with Gasteiger partial charge in [0.1, 0.15) is 5.88 Å². The molecule has 0 radical (unpaired) electrons. The van der Waals surface area contributed by atoms with Gasteiger partial charge in [0.15, 0.2) is 6.67 Å². The Balaban J connectivity index is -0.0000000558. The predicted molar refractivity (Wildman–Crippen MR) is 85.6 cm³/mol. The Morgan fingerprint density at radius 2 is 1.03 bits per heavy atom. The topological polar surface area (TPSA) is 224 Å². The summed E-state index contributed by atoms with van der Waals surface area (Å²) in [6.07, 6.45) is -4.86. The SMILES string of the molecule is CC(=O)O.CCC(=O)O.O=C(O)C(F)(F)F.O=C(O)CCl.O=C(O)CF.O=CO. The summed E-state index contributed by atoms with van der Waals surface area (Å²) in [5, 5.41) is 44.1. The molecule has 6 N–H and O–H groups in total. The van der Waals surface area contributed by atoms with E-state index in [0.717, 1.165) is 6.92 Å². The van der Waals surface area contributed by atoms with E-state index in [1.165, 1.54) is 0 Å². The monoisotopic (exact) mass is 466 g/mol. The average molecular weight is 467 g/mol. The molecule has 0 aliphatic heterocycles. The quantitative estimate of drug-likeness (QED) is 0.196. The van der Waals surface area contributed by atoms with Crippen LogP contribution >= 0.6 is 11.6 Å². The molecule has 12 nitrogen and oxygen atoms in total. The molecule has 0 fully saturated rings. The lowest BCUT2D eigenvalue weighted by Crippen LogP contribution is -2.21. The van der Waals surface area contributed by atoms with Gasteiger partial charge in [-0.3, -0.25) is 19.2 Å². The van der Waals surface area contributed by atoms with Crippen LogP contribution in [0.5, 0.6) is 0 Å². The van der Waals surface area contributed by atoms with Crippen molar-refractivity contribution in [3.63, 3.8) is 0 Å². The Bertz CT molecular complexity index is 431. The fourth-order valence-corrected chi connectivity index (χ4v) is 0. The lowest BCUT2D eigenvalue weighted by molar-refractivity contribution is -0.192. The Morgan fingerprint density at radius 3 is 1.03 bits per heavy atom. The second-order valence-corrected chi connectivity index (χ2v) is 3.50. The third-order valence-corrected chi connectivity index (χ3v) is 1.00. The molecule has 0 aliphatic carbocycles. The minimum atomic E-state index is -5.08. The summed E-state index contributed by atoms with van der Waals surface area (Å²) in [5.41, 5.74) is 0. The first-order valence-corrected chi connectivity index (χ1v) is 6.79. The number of carboxylic acids is 5. The first-order valence-electron chi connectivity index (χ1n) is 6.25. The zero-order chi connectivity index (χ0) is 25.2. The fraction of sp³-hybridized carbons (Fsp3) is 0.500. The maximum atomic E-state index is 10.6. The molecule has 0 aromatic heterocycles. The number of rotatable bonds is 3. The van der Waals surface area contributed by atoms with Gasteiger partial charge in [-0.05, 0) is 0 Å². The highest BCUT2D eigenvalue weighted by Gasteiger charge is 2.38. The minimum Gasteiger partial charge on any atom is -0.483 e. The van der Waals surface area contributed by atoms with E-state index in [2.05, 4.69) is 0 Å². The summed E-state index contributed by atoms with van der Waals surface area (Å²) in [7, 11) is 0. The molecule has 0 aromatic carbocycles. The maximum absolute atomic E-state index is 10.6. The van der Waals surface area contributed by atoms with Crippen LogP contribution in [0.3, 0.4) is 0 Å². The lowest BCUT2D eigenvalue weighted by atomic mass is 10.5. The molecule has 0 saturated carbocycles. The van der Waals surface area contributed by atoms with Gasteiger partial charge >= 0.3 is 30.1 Å². The predicted octanol–water partition coefficient (Wildman–Crippen LogP) is 1.26. The molecule has 0 rings (SSSR count). The zero-order valence-electron chi connectivity index (χ0n) is 14.7. The lowest BCUT2D eigenvalue weighted by Gasteiger charge is -1.93. The molecule has 0 aromatic rings. The minimum absolute atomic E-state index is 0.222. The molecule has 0 aliphatic rings. The highest BCUT2D eigenvalue weighted by atomic mass is 35.5. The van der Waals surface area contributed by atoms with Gasteiger partial charge in [-0.25, -0.2) is 14.0 Å². The third-order valence-electron chi connectivity index (χ3n) is 0.774. The Hall–Kier alpha value is -3.17. The molecule has 0 bridgehead atoms. The summed E-state index contributed by atoms with van der Waals surface area (Å²) < 4.78 is 42.3. The van der Waals surface area contributed by atoms with Crippen LogP contribution in [-0.2, 0) is 28.8 Å². The third kappa shape index (κ3) is 166. The number of carboxylic acid groups (broad SMARTS) is 6. The number of hydrogen-bond acceptors (Lipinski definition) is 6. The summed E-state index contributed by atoms with van der Waals surface area (Å²) in [5.74, 6) is -7.03. The number of halogens is 5. The van der Waals surface area contributed by atoms with Crippen molar-refractivity contribution in [1.29, 1.82) is 0 Å². The molecule has 174 valence electrons. The number of hydrogen-bond donors (Lipinski definition) is 6. The highest BCUT2D eigenvalue weighted by Crippen LogP contribution is 2.13. The highest BCUT2D eigenvalue weighted by molar-refractivity contribution is 6.26. The molecule has 29 heavy (non-hydrogen) atoms. The average Bonchev–Trinajstić information content (AvgIpc) is 2.55. The van der Waals surface area contributed by atoms with E-state index in [1.807, 2.05) is 0 Å². The van der Waals surface area contributed by atoms with E-state index in [-0.39, 0.29) is 18.8 Å². The van der Waals surface area contributed by atoms with E-state index in [1.54, 1.807) is 6.92 Å². The molecule has 17 heteroatoms. The molecular weight excluding hydrogens is 448 g/mol. The zero-order valence-corrected chi connectivity index (χ0v) is 15.5. The van der Waals surface area contributed by atoms with Crippen LogP contribution in [0.4, 0.5) is 17.6 Å². The summed E-state index contributed by atoms with van der Waals surface area (Å²) in [6.45, 7) is 1.16. The van der Waals surface area contributed by atoms with Gasteiger partial charge in [0.05, 0.1) is 0 Å². The maximum Gasteiger partial charge on any atom is 0.490 e. The van der Waals surface area contributed by atoms with Crippen LogP contribution in [0.15, 0.2) is 0 Å². The molecule has 0 spiro atoms. The Kier molecular flexibility index (Phi) is 41.3. The summed E-state index contributed by atoms with van der Waals surface area (Å²) in [6, 6.07) is 0. The molecule has 0 amide bonds. The van der Waals surface area contributed by atoms with Crippen LogP contribution in [-0.4, -0.2) is 85.7 Å². The second-order valence-electron chi connectivity index (χ2n) is 3.23. The normalized spacial score (nSPS) is 7.83. The number of alkyl halides is 5. The summed E-state index contributed by atoms with van der Waals surface area (Å²) in [4.78, 5) is 53.9. The van der Waals surface area contributed by atoms with Gasteiger partial charge in [-0.2, -0.15) is 13.2 Å². The van der Waals surface area contributed by atoms with E-state index < -0.39 is 42.7 Å². The van der Waals surface area contributed by atoms with Crippen molar-refractivity contribution in [2.45, 2.75) is 26.4 Å². The largest absolute Gasteiger partial charge is 0.490 e. The van der Waals surface area contributed by atoms with Gasteiger partial charge in [0, 0.05) is 13.3 Å².